The molecule has 2 unspecified atom stereocenters. The highest BCUT2D eigenvalue weighted by Gasteiger charge is 2.22. The van der Waals surface area contributed by atoms with E-state index in [1.807, 2.05) is 0 Å². The van der Waals surface area contributed by atoms with Crippen molar-refractivity contribution >= 4 is 0 Å². The van der Waals surface area contributed by atoms with Gasteiger partial charge in [0.25, 0.3) is 0 Å². The quantitative estimate of drug-likeness (QED) is 0.835. The van der Waals surface area contributed by atoms with Crippen LogP contribution in [0, 0.1) is 6.92 Å². The molecule has 0 spiro atoms. The van der Waals surface area contributed by atoms with E-state index in [4.69, 9.17) is 10.5 Å². The van der Waals surface area contributed by atoms with Gasteiger partial charge >= 0.3 is 0 Å². The Labute approximate surface area is 115 Å². The van der Waals surface area contributed by atoms with E-state index in [0.29, 0.717) is 6.61 Å². The molecule has 4 heteroatoms. The molecule has 4 nitrogen and oxygen atoms in total. The van der Waals surface area contributed by atoms with Crippen molar-refractivity contribution in [2.24, 2.45) is 5.73 Å². The van der Waals surface area contributed by atoms with Gasteiger partial charge in [-0.05, 0) is 18.9 Å². The largest absolute Gasteiger partial charge is 0.395 e. The Bertz CT molecular complexity index is 397. The van der Waals surface area contributed by atoms with Gasteiger partial charge in [-0.15, -0.1) is 0 Å². The van der Waals surface area contributed by atoms with Gasteiger partial charge in [-0.1, -0.05) is 29.8 Å². The first-order valence-corrected chi connectivity index (χ1v) is 6.95. The summed E-state index contributed by atoms with van der Waals surface area (Å²) in [5, 5.41) is 9.33. The van der Waals surface area contributed by atoms with Gasteiger partial charge in [0.1, 0.15) is 0 Å². The van der Waals surface area contributed by atoms with Crippen molar-refractivity contribution < 1.29 is 9.84 Å². The van der Waals surface area contributed by atoms with Gasteiger partial charge in [0.05, 0.1) is 25.9 Å². The topological polar surface area (TPSA) is 58.7 Å². The average molecular weight is 264 g/mol. The number of hydrogen-bond acceptors (Lipinski definition) is 4. The summed E-state index contributed by atoms with van der Waals surface area (Å²) in [4.78, 5) is 2.28. The predicted octanol–water partition coefficient (Wildman–Crippen LogP) is 1.08. The summed E-state index contributed by atoms with van der Waals surface area (Å²) in [5.41, 5.74) is 8.68. The third kappa shape index (κ3) is 4.01. The fourth-order valence-electron chi connectivity index (χ4n) is 2.52. The van der Waals surface area contributed by atoms with Crippen molar-refractivity contribution in [2.45, 2.75) is 25.4 Å². The van der Waals surface area contributed by atoms with Crippen LogP contribution in [-0.2, 0) is 4.74 Å². The monoisotopic (exact) mass is 264 g/mol. The van der Waals surface area contributed by atoms with Crippen molar-refractivity contribution in [3.8, 4) is 0 Å². The summed E-state index contributed by atoms with van der Waals surface area (Å²) in [7, 11) is 0. The molecule has 1 aliphatic rings. The molecule has 1 fully saturated rings. The van der Waals surface area contributed by atoms with Gasteiger partial charge in [-0.3, -0.25) is 4.90 Å². The van der Waals surface area contributed by atoms with Crippen LogP contribution in [0.2, 0.25) is 0 Å². The van der Waals surface area contributed by atoms with Crippen LogP contribution >= 0.6 is 0 Å². The number of nitrogens with two attached hydrogens (primary N) is 1. The highest BCUT2D eigenvalue weighted by molar-refractivity contribution is 5.24. The molecule has 19 heavy (non-hydrogen) atoms. The van der Waals surface area contributed by atoms with E-state index >= 15 is 0 Å². The first kappa shape index (κ1) is 14.5. The van der Waals surface area contributed by atoms with E-state index in [2.05, 4.69) is 36.1 Å². The first-order valence-electron chi connectivity index (χ1n) is 6.95. The second kappa shape index (κ2) is 7.01. The van der Waals surface area contributed by atoms with Crippen molar-refractivity contribution in [1.82, 2.24) is 4.90 Å². The second-order valence-corrected chi connectivity index (χ2v) is 5.26. The van der Waals surface area contributed by atoms with E-state index in [9.17, 15) is 5.11 Å². The molecule has 0 amide bonds. The number of hydrogen-bond donors (Lipinski definition) is 2. The Morgan fingerprint density at radius 2 is 2.37 bits per heavy atom. The molecular formula is C15H24N2O2. The number of aryl methyl sites for hydroxylation is 1. The summed E-state index contributed by atoms with van der Waals surface area (Å²) >= 11 is 0. The Morgan fingerprint density at radius 3 is 3.11 bits per heavy atom. The average Bonchev–Trinajstić information content (AvgIpc) is 2.45. The number of ether oxygens (including phenoxy) is 1. The van der Waals surface area contributed by atoms with Crippen LogP contribution < -0.4 is 5.73 Å². The van der Waals surface area contributed by atoms with Crippen LogP contribution in [-0.4, -0.2) is 49.0 Å². The molecule has 106 valence electrons. The fourth-order valence-corrected chi connectivity index (χ4v) is 2.52. The van der Waals surface area contributed by atoms with Gasteiger partial charge in [0.2, 0.25) is 0 Å². The maximum atomic E-state index is 9.33. The lowest BCUT2D eigenvalue weighted by molar-refractivity contribution is -0.0282. The SMILES string of the molecule is Cc1cccc(C(N)CCN2CCOCC2CO)c1. The first-order chi connectivity index (χ1) is 9.20. The second-order valence-electron chi connectivity index (χ2n) is 5.26. The summed E-state index contributed by atoms with van der Waals surface area (Å²) in [6.45, 7) is 5.39. The molecule has 1 saturated heterocycles. The molecular weight excluding hydrogens is 240 g/mol. The summed E-state index contributed by atoms with van der Waals surface area (Å²) < 4.78 is 5.38. The van der Waals surface area contributed by atoms with Crippen molar-refractivity contribution in [3.05, 3.63) is 35.4 Å². The molecule has 3 N–H and O–H groups in total. The molecule has 0 aromatic heterocycles. The van der Waals surface area contributed by atoms with E-state index in [-0.39, 0.29) is 18.7 Å². The third-order valence-electron chi connectivity index (χ3n) is 3.76. The van der Waals surface area contributed by atoms with E-state index < -0.39 is 0 Å². The van der Waals surface area contributed by atoms with Crippen LogP contribution in [0.1, 0.15) is 23.6 Å². The van der Waals surface area contributed by atoms with Gasteiger partial charge < -0.3 is 15.6 Å². The molecule has 1 heterocycles. The number of nitrogens with zero attached hydrogens (tertiary/aromatic N) is 1. The molecule has 0 bridgehead atoms. The van der Waals surface area contributed by atoms with Gasteiger partial charge in [0, 0.05) is 19.1 Å². The number of benzene rings is 1. The third-order valence-corrected chi connectivity index (χ3v) is 3.76. The van der Waals surface area contributed by atoms with Crippen molar-refractivity contribution in [2.75, 3.05) is 32.9 Å². The molecule has 1 aromatic rings. The van der Waals surface area contributed by atoms with Crippen LogP contribution in [0.5, 0.6) is 0 Å². The minimum Gasteiger partial charge on any atom is -0.395 e. The van der Waals surface area contributed by atoms with Crippen LogP contribution in [0.3, 0.4) is 0 Å². The highest BCUT2D eigenvalue weighted by Crippen LogP contribution is 2.17. The highest BCUT2D eigenvalue weighted by atomic mass is 16.5. The maximum Gasteiger partial charge on any atom is 0.0644 e. The van der Waals surface area contributed by atoms with Gasteiger partial charge in [-0.25, -0.2) is 0 Å². The van der Waals surface area contributed by atoms with Gasteiger partial charge in [-0.2, -0.15) is 0 Å². The van der Waals surface area contributed by atoms with E-state index in [1.165, 1.54) is 11.1 Å². The summed E-state index contributed by atoms with van der Waals surface area (Å²) in [6.07, 6.45) is 0.903. The standard InChI is InChI=1S/C15H24N2O2/c1-12-3-2-4-13(9-12)15(16)5-6-17-7-8-19-11-14(17)10-18/h2-4,9,14-15,18H,5-8,10-11,16H2,1H3. The van der Waals surface area contributed by atoms with Crippen LogP contribution in [0.15, 0.2) is 24.3 Å². The van der Waals surface area contributed by atoms with Crippen molar-refractivity contribution in [1.29, 1.82) is 0 Å². The molecule has 1 aliphatic heterocycles. The Morgan fingerprint density at radius 1 is 1.53 bits per heavy atom. The zero-order valence-corrected chi connectivity index (χ0v) is 11.6. The number of rotatable bonds is 5. The molecule has 0 radical (unpaired) electrons. The minimum atomic E-state index is 0.0575. The molecule has 2 atom stereocenters. The normalized spacial score (nSPS) is 22.4. The zero-order valence-electron chi connectivity index (χ0n) is 11.6. The lowest BCUT2D eigenvalue weighted by Crippen LogP contribution is -2.48. The Kier molecular flexibility index (Phi) is 5.34. The molecule has 2 rings (SSSR count). The lowest BCUT2D eigenvalue weighted by Gasteiger charge is -2.35. The number of morpholine rings is 1. The summed E-state index contributed by atoms with van der Waals surface area (Å²) in [6, 6.07) is 8.55. The van der Waals surface area contributed by atoms with E-state index in [1.54, 1.807) is 0 Å². The van der Waals surface area contributed by atoms with Crippen LogP contribution in [0.4, 0.5) is 0 Å². The Hall–Kier alpha value is -0.940. The minimum absolute atomic E-state index is 0.0575. The van der Waals surface area contributed by atoms with Gasteiger partial charge in [0.15, 0.2) is 0 Å². The molecule has 1 aromatic carbocycles. The Balaban J connectivity index is 1.87. The summed E-state index contributed by atoms with van der Waals surface area (Å²) in [5.74, 6) is 0. The van der Waals surface area contributed by atoms with Crippen molar-refractivity contribution in [3.63, 3.8) is 0 Å². The predicted molar refractivity (Wildman–Crippen MR) is 76.0 cm³/mol. The lowest BCUT2D eigenvalue weighted by atomic mass is 10.0. The van der Waals surface area contributed by atoms with E-state index in [0.717, 1.165) is 26.1 Å². The number of aliphatic hydroxyl groups is 1. The zero-order chi connectivity index (χ0) is 13.7. The maximum absolute atomic E-state index is 9.33. The fraction of sp³-hybridized carbons (Fsp3) is 0.600. The smallest absolute Gasteiger partial charge is 0.0644 e. The molecule has 0 saturated carbocycles. The number of aliphatic hydroxyl groups excluding tert-OH is 1. The van der Waals surface area contributed by atoms with Crippen LogP contribution in [0.25, 0.3) is 0 Å². The molecule has 0 aliphatic carbocycles.